The number of amides is 1. The zero-order valence-corrected chi connectivity index (χ0v) is 12.4. The van der Waals surface area contributed by atoms with Gasteiger partial charge in [0.25, 0.3) is 0 Å². The smallest absolute Gasteiger partial charge is 0.246 e. The summed E-state index contributed by atoms with van der Waals surface area (Å²) in [6.45, 7) is 6.43. The van der Waals surface area contributed by atoms with Gasteiger partial charge in [0.15, 0.2) is 16.1 Å². The zero-order valence-electron chi connectivity index (χ0n) is 11.0. The van der Waals surface area contributed by atoms with E-state index in [-0.39, 0.29) is 12.2 Å². The summed E-state index contributed by atoms with van der Waals surface area (Å²) in [5, 5.41) is 2.78. The molecule has 100 valence electrons. The second-order valence-corrected chi connectivity index (χ2v) is 5.24. The van der Waals surface area contributed by atoms with Crippen molar-refractivity contribution in [1.82, 2.24) is 5.32 Å². The van der Waals surface area contributed by atoms with Crippen LogP contribution in [0.3, 0.4) is 0 Å². The summed E-state index contributed by atoms with van der Waals surface area (Å²) in [7, 11) is 2.63. The molecule has 0 rings (SSSR count). The molecule has 1 amide bonds. The van der Waals surface area contributed by atoms with Gasteiger partial charge < -0.3 is 19.2 Å². The molecule has 0 fully saturated rings. The quantitative estimate of drug-likeness (QED) is 0.264. The molecule has 0 atom stereocenters. The Labute approximate surface area is 105 Å². The lowest BCUT2D eigenvalue weighted by molar-refractivity contribution is -0.121. The third-order valence-electron chi connectivity index (χ3n) is 2.17. The predicted octanol–water partition coefficient (Wildman–Crippen LogP) is 0.206. The third-order valence-corrected chi connectivity index (χ3v) is 3.48. The Kier molecular flexibility index (Phi) is 10.0. The van der Waals surface area contributed by atoms with Crippen molar-refractivity contribution in [2.24, 2.45) is 0 Å². The Morgan fingerprint density at radius 2 is 2.06 bits per heavy atom. The molecule has 0 unspecified atom stereocenters. The average Bonchev–Trinajstić information content (AvgIpc) is 2.32. The molecule has 0 aliphatic carbocycles. The summed E-state index contributed by atoms with van der Waals surface area (Å²) in [5.74, 6) is -0.0774. The minimum absolute atomic E-state index is 0.0774. The molecule has 0 aromatic heterocycles. The molecule has 0 bridgehead atoms. The fourth-order valence-corrected chi connectivity index (χ4v) is 2.11. The van der Waals surface area contributed by atoms with Crippen molar-refractivity contribution in [3.05, 3.63) is 12.2 Å². The third kappa shape index (κ3) is 9.05. The van der Waals surface area contributed by atoms with Gasteiger partial charge >= 0.3 is 0 Å². The van der Waals surface area contributed by atoms with E-state index in [0.29, 0.717) is 18.7 Å². The van der Waals surface area contributed by atoms with Gasteiger partial charge in [0.2, 0.25) is 5.91 Å². The number of hydrogen-bond acceptors (Lipinski definition) is 4. The van der Waals surface area contributed by atoms with Gasteiger partial charge in [-0.1, -0.05) is 6.58 Å². The molecule has 0 spiro atoms. The van der Waals surface area contributed by atoms with E-state index in [1.165, 1.54) is 0 Å². The van der Waals surface area contributed by atoms with Crippen LogP contribution in [0.4, 0.5) is 0 Å². The number of carbonyl (C=O) groups excluding carboxylic acids is 1. The lowest BCUT2D eigenvalue weighted by Gasteiger charge is -2.13. The first-order chi connectivity index (χ1) is 8.11. The van der Waals surface area contributed by atoms with E-state index in [2.05, 4.69) is 11.9 Å². The molecule has 0 heterocycles. The van der Waals surface area contributed by atoms with Gasteiger partial charge in [-0.05, 0) is 19.4 Å². The maximum atomic E-state index is 11.1. The van der Waals surface area contributed by atoms with Gasteiger partial charge in [0.05, 0.1) is 6.61 Å². The minimum Gasteiger partial charge on any atom is -0.419 e. The molecular weight excluding hydrogens is 238 g/mol. The normalized spacial score (nSPS) is 11.3. The fourth-order valence-electron chi connectivity index (χ4n) is 1.09. The van der Waals surface area contributed by atoms with Crippen LogP contribution in [0.2, 0.25) is 6.04 Å². The molecule has 0 saturated carbocycles. The van der Waals surface area contributed by atoms with E-state index in [9.17, 15) is 4.79 Å². The Bertz CT molecular complexity index is 232. The first kappa shape index (κ1) is 16.3. The first-order valence-corrected chi connectivity index (χ1v) is 7.26. The highest BCUT2D eigenvalue weighted by atomic mass is 28.2. The molecular formula is C11H23NO4Si. The Balaban J connectivity index is 3.29. The van der Waals surface area contributed by atoms with Crippen LogP contribution >= 0.6 is 0 Å². The van der Waals surface area contributed by atoms with Crippen LogP contribution < -0.4 is 5.32 Å². The molecule has 0 aromatic rings. The first-order valence-electron chi connectivity index (χ1n) is 5.68. The van der Waals surface area contributed by atoms with Gasteiger partial charge in [0, 0.05) is 26.3 Å². The summed E-state index contributed by atoms with van der Waals surface area (Å²) in [4.78, 5) is 11.1. The van der Waals surface area contributed by atoms with E-state index in [1.54, 1.807) is 21.1 Å². The highest BCUT2D eigenvalue weighted by Gasteiger charge is 2.04. The molecule has 0 aliphatic rings. The van der Waals surface area contributed by atoms with Crippen molar-refractivity contribution in [3.63, 3.8) is 0 Å². The van der Waals surface area contributed by atoms with Gasteiger partial charge in [-0.25, -0.2) is 0 Å². The molecule has 6 heteroatoms. The Morgan fingerprint density at radius 1 is 1.41 bits per heavy atom. The number of methoxy groups -OCH3 is 2. The van der Waals surface area contributed by atoms with Crippen LogP contribution in [0.15, 0.2) is 12.2 Å². The predicted molar refractivity (Wildman–Crippen MR) is 69.5 cm³/mol. The molecule has 5 nitrogen and oxygen atoms in total. The molecule has 0 aromatic carbocycles. The van der Waals surface area contributed by atoms with Crippen LogP contribution in [-0.2, 0) is 18.7 Å². The van der Waals surface area contributed by atoms with Crippen LogP contribution in [0.5, 0.6) is 0 Å². The number of hydrogen-bond donors (Lipinski definition) is 1. The standard InChI is InChI=1S/C11H23NO4Si/c1-9(2)11(13)12-6-5-7-17-16-8-10(14-3)15-4/h10H,1,5-8,17H2,2-4H3,(H,12,13). The van der Waals surface area contributed by atoms with Crippen molar-refractivity contribution in [1.29, 1.82) is 0 Å². The summed E-state index contributed by atoms with van der Waals surface area (Å²) >= 11 is 0. The summed E-state index contributed by atoms with van der Waals surface area (Å²) in [5.41, 5.74) is 0.543. The minimum atomic E-state index is -0.548. The maximum Gasteiger partial charge on any atom is 0.246 e. The SMILES string of the molecule is C=C(C)C(=O)NCCC[SiH2]OCC(OC)OC. The summed E-state index contributed by atoms with van der Waals surface area (Å²) in [6, 6.07) is 1.02. The van der Waals surface area contributed by atoms with Crippen molar-refractivity contribution in [2.45, 2.75) is 25.7 Å². The van der Waals surface area contributed by atoms with E-state index in [4.69, 9.17) is 13.9 Å². The zero-order chi connectivity index (χ0) is 13.1. The monoisotopic (exact) mass is 261 g/mol. The van der Waals surface area contributed by atoms with Crippen LogP contribution in [-0.4, -0.2) is 49.3 Å². The van der Waals surface area contributed by atoms with Crippen LogP contribution in [0.1, 0.15) is 13.3 Å². The van der Waals surface area contributed by atoms with Crippen molar-refractivity contribution < 1.29 is 18.7 Å². The van der Waals surface area contributed by atoms with Gasteiger partial charge in [-0.2, -0.15) is 0 Å². The number of ether oxygens (including phenoxy) is 2. The molecule has 17 heavy (non-hydrogen) atoms. The lowest BCUT2D eigenvalue weighted by Crippen LogP contribution is -2.25. The molecule has 0 saturated heterocycles. The average molecular weight is 261 g/mol. The van der Waals surface area contributed by atoms with Crippen molar-refractivity contribution in [2.75, 3.05) is 27.4 Å². The van der Waals surface area contributed by atoms with Gasteiger partial charge in [-0.15, -0.1) is 0 Å². The number of rotatable bonds is 10. The molecule has 0 radical (unpaired) electrons. The van der Waals surface area contributed by atoms with E-state index < -0.39 is 9.76 Å². The van der Waals surface area contributed by atoms with Crippen molar-refractivity contribution in [3.8, 4) is 0 Å². The van der Waals surface area contributed by atoms with E-state index >= 15 is 0 Å². The fraction of sp³-hybridized carbons (Fsp3) is 0.727. The molecule has 1 N–H and O–H groups in total. The van der Waals surface area contributed by atoms with Crippen LogP contribution in [0.25, 0.3) is 0 Å². The van der Waals surface area contributed by atoms with Crippen molar-refractivity contribution >= 4 is 15.7 Å². The maximum absolute atomic E-state index is 11.1. The Hall–Kier alpha value is -0.693. The summed E-state index contributed by atoms with van der Waals surface area (Å²) < 4.78 is 15.5. The second-order valence-electron chi connectivity index (χ2n) is 3.72. The number of carbonyl (C=O) groups is 1. The number of nitrogens with one attached hydrogen (secondary N) is 1. The molecule has 0 aliphatic heterocycles. The Morgan fingerprint density at radius 3 is 2.59 bits per heavy atom. The highest BCUT2D eigenvalue weighted by molar-refractivity contribution is 6.27. The highest BCUT2D eigenvalue weighted by Crippen LogP contribution is 1.94. The van der Waals surface area contributed by atoms with E-state index in [1.807, 2.05) is 0 Å². The van der Waals surface area contributed by atoms with Crippen LogP contribution in [0, 0.1) is 0 Å². The van der Waals surface area contributed by atoms with E-state index in [0.717, 1.165) is 12.5 Å². The van der Waals surface area contributed by atoms with Gasteiger partial charge in [0.1, 0.15) is 0 Å². The largest absolute Gasteiger partial charge is 0.419 e. The van der Waals surface area contributed by atoms with Gasteiger partial charge in [-0.3, -0.25) is 4.79 Å². The topological polar surface area (TPSA) is 56.8 Å². The lowest BCUT2D eigenvalue weighted by atomic mass is 10.3. The second kappa shape index (κ2) is 10.5. The summed E-state index contributed by atoms with van der Waals surface area (Å²) in [6.07, 6.45) is 0.668.